The van der Waals surface area contributed by atoms with Crippen LogP contribution in [0.25, 0.3) is 0 Å². The number of rotatable bonds is 8. The molecular weight excluding hydrogens is 350 g/mol. The molecule has 0 saturated carbocycles. The van der Waals surface area contributed by atoms with Crippen molar-refractivity contribution in [1.82, 2.24) is 0 Å². The maximum Gasteiger partial charge on any atom is 1.00 e. The average molecular weight is 373 g/mol. The van der Waals surface area contributed by atoms with Crippen LogP contribution in [0.15, 0.2) is 83.1 Å². The fourth-order valence-electron chi connectivity index (χ4n) is 1.32. The number of carbonyl (C=O) groups is 1. The number of aliphatic carboxylic acids is 1. The van der Waals surface area contributed by atoms with Crippen LogP contribution in [-0.2, 0) is 9.59 Å². The number of carbonyl (C=O) groups excluding carboxylic acids is 2. The maximum absolute atomic E-state index is 10.5. The molecule has 130 valence electrons. The minimum Gasteiger partial charge on any atom is -0.870 e. The molecule has 0 aliphatic carbocycles. The molecule has 6 heteroatoms. The first-order valence-electron chi connectivity index (χ1n) is 7.18. The first kappa shape index (κ1) is 32.9. The van der Waals surface area contributed by atoms with Gasteiger partial charge in [0.15, 0.2) is 0 Å². The smallest absolute Gasteiger partial charge is 0.870 e. The van der Waals surface area contributed by atoms with E-state index < -0.39 is 5.97 Å². The van der Waals surface area contributed by atoms with Crippen LogP contribution in [0, 0.1) is 0 Å². The minimum atomic E-state index is -1.17. The Bertz CT molecular complexity index is 634. The third kappa shape index (κ3) is 19.6. The topological polar surface area (TPSA) is 87.2 Å². The molecule has 0 saturated heterocycles. The summed E-state index contributed by atoms with van der Waals surface area (Å²) in [6.45, 7) is 7.06. The molecule has 0 aromatic rings. The van der Waals surface area contributed by atoms with E-state index in [9.17, 15) is 14.7 Å². The monoisotopic (exact) mass is 373 g/mol. The van der Waals surface area contributed by atoms with Crippen LogP contribution in [0.3, 0.4) is 0 Å². The standard InChI is InChI=1S/C20H23O3.2Na.H2O/c1-16(11-7-13-18(3)15-21)9-5-6-10-17(2)12-8-14-19(4)20(22)23;;;/h5-14H,1-4H3,(H,22,23);;;1H2/q-1;2*+1;/p-2/b6-5+,11-7+,12-8+,16-9+,17-10+,18-13+,19-14+;;;. The van der Waals surface area contributed by atoms with Crippen molar-refractivity contribution >= 4 is 12.3 Å². The number of hydrogen-bond donors (Lipinski definition) is 0. The second-order valence-electron chi connectivity index (χ2n) is 5.01. The molecule has 0 radical (unpaired) electrons. The molecule has 0 unspecified atom stereocenters. The molecule has 0 amide bonds. The summed E-state index contributed by atoms with van der Waals surface area (Å²) in [7, 11) is 0. The Morgan fingerprint density at radius 2 is 1.19 bits per heavy atom. The van der Waals surface area contributed by atoms with E-state index in [1.165, 1.54) is 13.0 Å². The Kier molecular flexibility index (Phi) is 26.1. The van der Waals surface area contributed by atoms with Gasteiger partial charge in [-0.25, -0.2) is 6.08 Å². The summed E-state index contributed by atoms with van der Waals surface area (Å²) in [4.78, 5) is 20.8. The maximum atomic E-state index is 10.5. The summed E-state index contributed by atoms with van der Waals surface area (Å²) in [5.74, 6) is -1.17. The van der Waals surface area contributed by atoms with Gasteiger partial charge in [0.25, 0.3) is 0 Å². The molecule has 0 spiro atoms. The first-order valence-corrected chi connectivity index (χ1v) is 7.18. The van der Waals surface area contributed by atoms with E-state index in [0.717, 1.165) is 11.1 Å². The second kappa shape index (κ2) is 20.6. The van der Waals surface area contributed by atoms with E-state index in [-0.39, 0.29) is 70.2 Å². The third-order valence-electron chi connectivity index (χ3n) is 2.72. The van der Waals surface area contributed by atoms with Crippen molar-refractivity contribution in [3.63, 3.8) is 0 Å². The average Bonchev–Trinajstić information content (AvgIpc) is 2.51. The summed E-state index contributed by atoms with van der Waals surface area (Å²) < 4.78 is 0. The molecule has 26 heavy (non-hydrogen) atoms. The second-order valence-corrected chi connectivity index (χ2v) is 5.01. The van der Waals surface area contributed by atoms with E-state index in [4.69, 9.17) is 0 Å². The molecule has 0 heterocycles. The Morgan fingerprint density at radius 3 is 1.58 bits per heavy atom. The van der Waals surface area contributed by atoms with Gasteiger partial charge in [-0.3, -0.25) is 0 Å². The molecule has 0 fully saturated rings. The largest absolute Gasteiger partial charge is 1.00 e. The zero-order valence-electron chi connectivity index (χ0n) is 16.4. The van der Waals surface area contributed by atoms with Crippen LogP contribution >= 0.6 is 0 Å². The molecule has 0 aromatic heterocycles. The van der Waals surface area contributed by atoms with Crippen LogP contribution in [0.1, 0.15) is 27.7 Å². The number of carboxylic acid groups (broad SMARTS) is 1. The van der Waals surface area contributed by atoms with Gasteiger partial charge in [0.05, 0.1) is 5.97 Å². The summed E-state index contributed by atoms with van der Waals surface area (Å²) in [5.41, 5.74) is 2.78. The van der Waals surface area contributed by atoms with E-state index >= 15 is 0 Å². The molecule has 0 aliphatic heterocycles. The summed E-state index contributed by atoms with van der Waals surface area (Å²) in [6, 6.07) is 0. The van der Waals surface area contributed by atoms with Gasteiger partial charge in [-0.05, 0) is 32.6 Å². The van der Waals surface area contributed by atoms with Crippen molar-refractivity contribution in [3.05, 3.63) is 83.1 Å². The van der Waals surface area contributed by atoms with Crippen molar-refractivity contribution in [2.75, 3.05) is 0 Å². The normalized spacial score (nSPS) is 13.4. The Balaban J connectivity index is -0.000000807. The molecule has 0 atom stereocenters. The van der Waals surface area contributed by atoms with E-state index in [2.05, 4.69) is 0 Å². The van der Waals surface area contributed by atoms with E-state index in [1.807, 2.05) is 50.3 Å². The van der Waals surface area contributed by atoms with Gasteiger partial charge in [-0.1, -0.05) is 66.7 Å². The quantitative estimate of drug-likeness (QED) is 0.198. The first-order chi connectivity index (χ1) is 10.9. The van der Waals surface area contributed by atoms with Crippen molar-refractivity contribution in [1.29, 1.82) is 0 Å². The molecular formula is C20H23Na2O4-. The number of carboxylic acids is 1. The summed E-state index contributed by atoms with van der Waals surface area (Å²) >= 11 is 0. The van der Waals surface area contributed by atoms with Crippen LogP contribution in [0.4, 0.5) is 0 Å². The van der Waals surface area contributed by atoms with Crippen LogP contribution in [0.2, 0.25) is 0 Å². The fourth-order valence-corrected chi connectivity index (χ4v) is 1.32. The van der Waals surface area contributed by atoms with Crippen molar-refractivity contribution in [2.24, 2.45) is 0 Å². The predicted molar refractivity (Wildman–Crippen MR) is 95.1 cm³/mol. The van der Waals surface area contributed by atoms with Crippen molar-refractivity contribution in [2.45, 2.75) is 27.7 Å². The van der Waals surface area contributed by atoms with Crippen LogP contribution in [-0.4, -0.2) is 17.7 Å². The van der Waals surface area contributed by atoms with Gasteiger partial charge in [0, 0.05) is 0 Å². The summed E-state index contributed by atoms with van der Waals surface area (Å²) in [6.07, 6.45) is 19.8. The molecule has 0 bridgehead atoms. The Hall–Kier alpha value is -0.720. The Labute approximate surface area is 200 Å². The number of allylic oxidation sites excluding steroid dienone is 13. The van der Waals surface area contributed by atoms with Crippen LogP contribution in [0.5, 0.6) is 0 Å². The van der Waals surface area contributed by atoms with Gasteiger partial charge in [0.2, 0.25) is 0 Å². The summed E-state index contributed by atoms with van der Waals surface area (Å²) in [5, 5.41) is 10.5. The fraction of sp³-hybridized carbons (Fsp3) is 0.200. The molecule has 0 aromatic carbocycles. The van der Waals surface area contributed by atoms with Crippen molar-refractivity contribution < 1.29 is 79.3 Å². The SMILES string of the molecule is C\C([C-]=O)=C/C=C/C(C)=C/C=C/C=C(C)/C=C/C=C(\C)C(=O)[O-].[Na+].[Na+].[OH-]. The van der Waals surface area contributed by atoms with Gasteiger partial charge in [-0.2, -0.15) is 5.57 Å². The predicted octanol–water partition coefficient (Wildman–Crippen LogP) is -2.87. The third-order valence-corrected chi connectivity index (χ3v) is 2.72. The molecule has 0 rings (SSSR count). The number of hydrogen-bond acceptors (Lipinski definition) is 4. The zero-order valence-corrected chi connectivity index (χ0v) is 20.4. The van der Waals surface area contributed by atoms with Gasteiger partial charge < -0.3 is 20.2 Å². The molecule has 4 nitrogen and oxygen atoms in total. The minimum absolute atomic E-state index is 0. The molecule has 1 N–H and O–H groups in total. The van der Waals surface area contributed by atoms with Gasteiger partial charge >= 0.3 is 59.1 Å². The van der Waals surface area contributed by atoms with E-state index in [1.54, 1.807) is 31.4 Å². The van der Waals surface area contributed by atoms with Gasteiger partial charge in [0.1, 0.15) is 0 Å². The van der Waals surface area contributed by atoms with Gasteiger partial charge in [-0.15, -0.1) is 6.08 Å². The Morgan fingerprint density at radius 1 is 0.769 bits per heavy atom. The van der Waals surface area contributed by atoms with E-state index in [0.29, 0.717) is 5.57 Å². The van der Waals surface area contributed by atoms with Crippen molar-refractivity contribution in [3.8, 4) is 0 Å². The zero-order chi connectivity index (χ0) is 17.7. The van der Waals surface area contributed by atoms with Crippen LogP contribution < -0.4 is 64.2 Å². The molecule has 0 aliphatic rings.